The Kier molecular flexibility index (Phi) is 9.24. The van der Waals surface area contributed by atoms with Crippen molar-refractivity contribution in [1.82, 2.24) is 0 Å². The summed E-state index contributed by atoms with van der Waals surface area (Å²) in [6, 6.07) is 10.5. The van der Waals surface area contributed by atoms with Crippen LogP contribution in [0.4, 0.5) is 0 Å². The second-order valence-corrected chi connectivity index (χ2v) is 5.39. The molecule has 24 heavy (non-hydrogen) atoms. The fourth-order valence-electron chi connectivity index (χ4n) is 2.00. The lowest BCUT2D eigenvalue weighted by Crippen LogP contribution is -2.02. The zero-order chi connectivity index (χ0) is 17.8. The molecule has 0 aliphatic carbocycles. The Labute approximate surface area is 144 Å². The molecule has 0 saturated carbocycles. The third-order valence-corrected chi connectivity index (χ3v) is 3.24. The number of rotatable bonds is 7. The number of esters is 1. The Balaban J connectivity index is 0.000000245. The molecule has 1 aromatic carbocycles. The van der Waals surface area contributed by atoms with E-state index < -0.39 is 0 Å². The van der Waals surface area contributed by atoms with Crippen molar-refractivity contribution in [3.8, 4) is 11.1 Å². The van der Waals surface area contributed by atoms with E-state index in [1.54, 1.807) is 13.4 Å². The van der Waals surface area contributed by atoms with Gasteiger partial charge in [-0.05, 0) is 38.3 Å². The number of aryl methyl sites for hydroxylation is 2. The molecule has 0 atom stereocenters. The summed E-state index contributed by atoms with van der Waals surface area (Å²) in [7, 11) is 1.65. The van der Waals surface area contributed by atoms with Crippen molar-refractivity contribution in [1.29, 1.82) is 0 Å². The summed E-state index contributed by atoms with van der Waals surface area (Å²) in [5, 5.41) is 0. The Morgan fingerprint density at radius 1 is 1.17 bits per heavy atom. The van der Waals surface area contributed by atoms with E-state index in [1.165, 1.54) is 11.1 Å². The monoisotopic (exact) mass is 330 g/mol. The largest absolute Gasteiger partial charge is 0.469 e. The standard InChI is InChI=1S/C12H12O.C8H14O3/c1-9-4-3-5-11(6-9)12-7-10(2)13-8-12;1-3-8(9)11-7-5-4-6-10-2/h3-8H,1-2H3;3H,1,4-7H2,2H3. The average Bonchev–Trinajstić information content (AvgIpc) is 3.01. The van der Waals surface area contributed by atoms with E-state index in [1.807, 2.05) is 6.92 Å². The van der Waals surface area contributed by atoms with Crippen molar-refractivity contribution in [2.75, 3.05) is 20.3 Å². The van der Waals surface area contributed by atoms with Crippen molar-refractivity contribution in [3.05, 3.63) is 60.6 Å². The highest BCUT2D eigenvalue weighted by Gasteiger charge is 2.00. The average molecular weight is 330 g/mol. The number of benzene rings is 1. The van der Waals surface area contributed by atoms with Gasteiger partial charge in [0.05, 0.1) is 12.9 Å². The van der Waals surface area contributed by atoms with Gasteiger partial charge in [-0.25, -0.2) is 4.79 Å². The van der Waals surface area contributed by atoms with Crippen LogP contribution >= 0.6 is 0 Å². The van der Waals surface area contributed by atoms with Crippen molar-refractivity contribution in [2.24, 2.45) is 0 Å². The third kappa shape index (κ3) is 7.79. The van der Waals surface area contributed by atoms with Gasteiger partial charge in [0, 0.05) is 25.4 Å². The topological polar surface area (TPSA) is 48.7 Å². The van der Waals surface area contributed by atoms with E-state index in [0.29, 0.717) is 13.2 Å². The summed E-state index contributed by atoms with van der Waals surface area (Å²) < 4.78 is 14.8. The molecule has 0 unspecified atom stereocenters. The molecule has 4 nitrogen and oxygen atoms in total. The first-order valence-corrected chi connectivity index (χ1v) is 7.97. The highest BCUT2D eigenvalue weighted by Crippen LogP contribution is 2.22. The van der Waals surface area contributed by atoms with Crippen LogP contribution in [0.5, 0.6) is 0 Å². The molecule has 0 radical (unpaired) electrons. The van der Waals surface area contributed by atoms with Gasteiger partial charge < -0.3 is 13.9 Å². The Morgan fingerprint density at radius 2 is 1.92 bits per heavy atom. The quantitative estimate of drug-likeness (QED) is 0.419. The lowest BCUT2D eigenvalue weighted by molar-refractivity contribution is -0.137. The van der Waals surface area contributed by atoms with Crippen LogP contribution in [0.25, 0.3) is 11.1 Å². The molecule has 0 amide bonds. The lowest BCUT2D eigenvalue weighted by atomic mass is 10.1. The van der Waals surface area contributed by atoms with E-state index in [-0.39, 0.29) is 5.97 Å². The van der Waals surface area contributed by atoms with E-state index in [9.17, 15) is 4.79 Å². The molecule has 0 spiro atoms. The van der Waals surface area contributed by atoms with Gasteiger partial charge in [-0.1, -0.05) is 36.4 Å². The summed E-state index contributed by atoms with van der Waals surface area (Å²) in [5.41, 5.74) is 3.65. The minimum Gasteiger partial charge on any atom is -0.469 e. The smallest absolute Gasteiger partial charge is 0.330 e. The SMILES string of the molecule is C=CC(=O)OCCCCOC.Cc1cccc(-c2coc(C)c2)c1. The van der Waals surface area contributed by atoms with Crippen LogP contribution in [0.1, 0.15) is 24.2 Å². The van der Waals surface area contributed by atoms with Gasteiger partial charge in [-0.3, -0.25) is 0 Å². The van der Waals surface area contributed by atoms with Crippen LogP contribution in [-0.2, 0) is 14.3 Å². The maximum absolute atomic E-state index is 10.5. The molecule has 0 aliphatic heterocycles. The van der Waals surface area contributed by atoms with E-state index in [0.717, 1.165) is 30.2 Å². The zero-order valence-corrected chi connectivity index (χ0v) is 14.7. The minimum absolute atomic E-state index is 0.359. The van der Waals surface area contributed by atoms with Gasteiger partial charge in [0.15, 0.2) is 0 Å². The van der Waals surface area contributed by atoms with Crippen LogP contribution < -0.4 is 0 Å². The summed E-state index contributed by atoms with van der Waals surface area (Å²) in [6.45, 7) is 8.49. The first-order valence-electron chi connectivity index (χ1n) is 7.97. The Bertz CT molecular complexity index is 628. The first kappa shape index (κ1) is 19.7. The maximum Gasteiger partial charge on any atom is 0.330 e. The van der Waals surface area contributed by atoms with Gasteiger partial charge in [-0.15, -0.1) is 0 Å². The molecule has 4 heteroatoms. The number of carbonyl (C=O) groups is 1. The molecule has 0 bridgehead atoms. The number of unbranched alkanes of at least 4 members (excludes halogenated alkanes) is 1. The second kappa shape index (κ2) is 11.2. The minimum atomic E-state index is -0.359. The Morgan fingerprint density at radius 3 is 2.50 bits per heavy atom. The fraction of sp³-hybridized carbons (Fsp3) is 0.350. The van der Waals surface area contributed by atoms with Crippen LogP contribution in [-0.4, -0.2) is 26.3 Å². The fourth-order valence-corrected chi connectivity index (χ4v) is 2.00. The zero-order valence-electron chi connectivity index (χ0n) is 14.7. The summed E-state index contributed by atoms with van der Waals surface area (Å²) in [4.78, 5) is 10.5. The second-order valence-electron chi connectivity index (χ2n) is 5.39. The molecule has 2 aromatic rings. The van der Waals surface area contributed by atoms with Crippen LogP contribution in [0.3, 0.4) is 0 Å². The van der Waals surface area contributed by atoms with Crippen LogP contribution in [0.15, 0.2) is 53.7 Å². The molecule has 0 saturated heterocycles. The molecule has 0 N–H and O–H groups in total. The number of carbonyl (C=O) groups excluding carboxylic acids is 1. The Hall–Kier alpha value is -2.33. The van der Waals surface area contributed by atoms with Crippen molar-refractivity contribution >= 4 is 5.97 Å². The normalized spacial score (nSPS) is 9.79. The van der Waals surface area contributed by atoms with Crippen molar-refractivity contribution in [2.45, 2.75) is 26.7 Å². The van der Waals surface area contributed by atoms with E-state index >= 15 is 0 Å². The number of hydrogen-bond acceptors (Lipinski definition) is 4. The molecular weight excluding hydrogens is 304 g/mol. The third-order valence-electron chi connectivity index (χ3n) is 3.24. The van der Waals surface area contributed by atoms with Gasteiger partial charge in [0.2, 0.25) is 0 Å². The number of furan rings is 1. The highest BCUT2D eigenvalue weighted by atomic mass is 16.5. The van der Waals surface area contributed by atoms with E-state index in [4.69, 9.17) is 13.9 Å². The molecule has 1 heterocycles. The number of methoxy groups -OCH3 is 1. The predicted octanol–water partition coefficient (Wildman–Crippen LogP) is 4.71. The maximum atomic E-state index is 10.5. The highest BCUT2D eigenvalue weighted by molar-refractivity contribution is 5.81. The molecule has 0 aliphatic rings. The van der Waals surface area contributed by atoms with Gasteiger partial charge in [0.1, 0.15) is 5.76 Å². The van der Waals surface area contributed by atoms with E-state index in [2.05, 4.69) is 43.8 Å². The molecule has 1 aromatic heterocycles. The molecule has 2 rings (SSSR count). The molecular formula is C20H26O4. The van der Waals surface area contributed by atoms with Crippen molar-refractivity contribution in [3.63, 3.8) is 0 Å². The summed E-state index contributed by atoms with van der Waals surface area (Å²) in [5.74, 6) is 0.596. The number of ether oxygens (including phenoxy) is 2. The van der Waals surface area contributed by atoms with Crippen LogP contribution in [0.2, 0.25) is 0 Å². The van der Waals surface area contributed by atoms with Gasteiger partial charge in [-0.2, -0.15) is 0 Å². The van der Waals surface area contributed by atoms with Gasteiger partial charge in [0.25, 0.3) is 0 Å². The summed E-state index contributed by atoms with van der Waals surface area (Å²) in [6.07, 6.45) is 4.72. The lowest BCUT2D eigenvalue weighted by Gasteiger charge is -2.00. The van der Waals surface area contributed by atoms with Gasteiger partial charge >= 0.3 is 5.97 Å². The summed E-state index contributed by atoms with van der Waals surface area (Å²) >= 11 is 0. The first-order chi connectivity index (χ1) is 11.6. The van der Waals surface area contributed by atoms with Crippen molar-refractivity contribution < 1.29 is 18.7 Å². The molecule has 0 fully saturated rings. The molecule has 130 valence electrons. The predicted molar refractivity (Wildman–Crippen MR) is 95.9 cm³/mol. The number of hydrogen-bond donors (Lipinski definition) is 0. The van der Waals surface area contributed by atoms with Crippen LogP contribution in [0, 0.1) is 13.8 Å².